The maximum absolute atomic E-state index is 12.6. The number of hydrogen-bond acceptors (Lipinski definition) is 5. The van der Waals surface area contributed by atoms with E-state index < -0.39 is 10.0 Å². The van der Waals surface area contributed by atoms with Gasteiger partial charge < -0.3 is 10.6 Å². The topological polar surface area (TPSA) is 87.7 Å². The highest BCUT2D eigenvalue weighted by molar-refractivity contribution is 7.89. The van der Waals surface area contributed by atoms with Crippen LogP contribution >= 0.6 is 0 Å². The lowest BCUT2D eigenvalue weighted by molar-refractivity contribution is -0.118. The van der Waals surface area contributed by atoms with Gasteiger partial charge in [0.2, 0.25) is 5.91 Å². The average molecular weight is 341 g/mol. The van der Waals surface area contributed by atoms with Gasteiger partial charge in [-0.25, -0.2) is 8.42 Å². The molecular formula is C15H23N3O4S. The summed E-state index contributed by atoms with van der Waals surface area (Å²) in [5, 5.41) is 5.37. The third-order valence-corrected chi connectivity index (χ3v) is 5.41. The summed E-state index contributed by atoms with van der Waals surface area (Å²) in [6.07, 6.45) is 3.86. The summed E-state index contributed by atoms with van der Waals surface area (Å²) >= 11 is 0. The highest BCUT2D eigenvalue weighted by atomic mass is 32.2. The molecule has 1 fully saturated rings. The lowest BCUT2D eigenvalue weighted by Gasteiger charge is -2.21. The zero-order chi connectivity index (χ0) is 16.9. The van der Waals surface area contributed by atoms with Gasteiger partial charge in [0.1, 0.15) is 0 Å². The van der Waals surface area contributed by atoms with Crippen LogP contribution in [0.1, 0.15) is 25.7 Å². The standard InChI is InChI=1S/C15H23N3O4S/c1-16-15(19)11-17-12-6-5-9-14(10-12)23(20,21)18(2)22-13-7-3-4-8-13/h5-6,9-10,13,17H,3-4,7-8,11H2,1-2H3,(H,16,19). The van der Waals surface area contributed by atoms with Crippen molar-refractivity contribution in [3.63, 3.8) is 0 Å². The molecule has 8 heteroatoms. The number of rotatable bonds is 7. The second-order valence-electron chi connectivity index (χ2n) is 5.48. The number of benzene rings is 1. The molecule has 0 bridgehead atoms. The van der Waals surface area contributed by atoms with Crippen LogP contribution in [0.4, 0.5) is 5.69 Å². The molecule has 1 saturated carbocycles. The van der Waals surface area contributed by atoms with Gasteiger partial charge in [0, 0.05) is 19.8 Å². The van der Waals surface area contributed by atoms with E-state index in [1.807, 2.05) is 0 Å². The third kappa shape index (κ3) is 4.66. The summed E-state index contributed by atoms with van der Waals surface area (Å²) in [7, 11) is -0.766. The Balaban J connectivity index is 2.07. The molecule has 1 aliphatic rings. The molecule has 0 unspecified atom stereocenters. The molecular weight excluding hydrogens is 318 g/mol. The smallest absolute Gasteiger partial charge is 0.264 e. The van der Waals surface area contributed by atoms with Crippen molar-refractivity contribution in [2.24, 2.45) is 0 Å². The van der Waals surface area contributed by atoms with E-state index in [1.165, 1.54) is 19.2 Å². The maximum atomic E-state index is 12.6. The summed E-state index contributed by atoms with van der Waals surface area (Å²) in [5.74, 6) is -0.181. The fourth-order valence-corrected chi connectivity index (χ4v) is 3.50. The predicted molar refractivity (Wildman–Crippen MR) is 87.3 cm³/mol. The van der Waals surface area contributed by atoms with Gasteiger partial charge in [-0.2, -0.15) is 0 Å². The highest BCUT2D eigenvalue weighted by Gasteiger charge is 2.26. The molecule has 0 radical (unpaired) electrons. The molecule has 0 heterocycles. The van der Waals surface area contributed by atoms with Crippen molar-refractivity contribution in [2.75, 3.05) is 26.0 Å². The van der Waals surface area contributed by atoms with Crippen molar-refractivity contribution in [1.82, 2.24) is 9.79 Å². The fourth-order valence-electron chi connectivity index (χ4n) is 2.45. The first-order chi connectivity index (χ1) is 10.9. The monoisotopic (exact) mass is 341 g/mol. The zero-order valence-electron chi connectivity index (χ0n) is 13.4. The Morgan fingerprint density at radius 1 is 1.35 bits per heavy atom. The lowest BCUT2D eigenvalue weighted by atomic mass is 10.3. The first-order valence-corrected chi connectivity index (χ1v) is 9.07. The van der Waals surface area contributed by atoms with Crippen LogP contribution in [0.25, 0.3) is 0 Å². The van der Waals surface area contributed by atoms with Crippen LogP contribution in [0.5, 0.6) is 0 Å². The number of anilines is 1. The van der Waals surface area contributed by atoms with E-state index in [1.54, 1.807) is 19.2 Å². The van der Waals surface area contributed by atoms with Crippen molar-refractivity contribution in [3.8, 4) is 0 Å². The Hall–Kier alpha value is -1.64. The minimum absolute atomic E-state index is 0.0377. The minimum Gasteiger partial charge on any atom is -0.376 e. The van der Waals surface area contributed by atoms with Crippen molar-refractivity contribution in [2.45, 2.75) is 36.7 Å². The van der Waals surface area contributed by atoms with Crippen LogP contribution in [-0.2, 0) is 19.7 Å². The van der Waals surface area contributed by atoms with Crippen LogP contribution in [0.2, 0.25) is 0 Å². The molecule has 2 rings (SSSR count). The largest absolute Gasteiger partial charge is 0.376 e. The Bertz CT molecular complexity index is 642. The van der Waals surface area contributed by atoms with Gasteiger partial charge in [-0.15, -0.1) is 0 Å². The molecule has 0 spiro atoms. The molecule has 2 N–H and O–H groups in total. The van der Waals surface area contributed by atoms with Gasteiger partial charge in [0.25, 0.3) is 10.0 Å². The van der Waals surface area contributed by atoms with Crippen molar-refractivity contribution in [1.29, 1.82) is 0 Å². The lowest BCUT2D eigenvalue weighted by Crippen LogP contribution is -2.31. The van der Waals surface area contributed by atoms with E-state index in [2.05, 4.69) is 10.6 Å². The zero-order valence-corrected chi connectivity index (χ0v) is 14.2. The normalized spacial score (nSPS) is 15.8. The average Bonchev–Trinajstić information content (AvgIpc) is 3.05. The molecule has 0 aliphatic heterocycles. The number of nitrogens with zero attached hydrogens (tertiary/aromatic N) is 1. The Kier molecular flexibility index (Phi) is 5.97. The number of nitrogens with one attached hydrogen (secondary N) is 2. The molecule has 1 aromatic rings. The number of hydrogen-bond donors (Lipinski definition) is 2. The van der Waals surface area contributed by atoms with Gasteiger partial charge in [0.15, 0.2) is 0 Å². The van der Waals surface area contributed by atoms with Gasteiger partial charge in [-0.1, -0.05) is 23.4 Å². The van der Waals surface area contributed by atoms with Crippen LogP contribution in [-0.4, -0.2) is 45.5 Å². The van der Waals surface area contributed by atoms with E-state index >= 15 is 0 Å². The molecule has 0 atom stereocenters. The van der Waals surface area contributed by atoms with Crippen molar-refractivity contribution in [3.05, 3.63) is 24.3 Å². The summed E-state index contributed by atoms with van der Waals surface area (Å²) < 4.78 is 26.1. The molecule has 1 aromatic carbocycles. The maximum Gasteiger partial charge on any atom is 0.264 e. The second kappa shape index (κ2) is 7.76. The van der Waals surface area contributed by atoms with Crippen molar-refractivity contribution < 1.29 is 18.0 Å². The predicted octanol–water partition coefficient (Wildman–Crippen LogP) is 1.34. The van der Waals surface area contributed by atoms with Gasteiger partial charge in [0.05, 0.1) is 17.5 Å². The Labute approximate surface area is 137 Å². The summed E-state index contributed by atoms with van der Waals surface area (Å²) in [5.41, 5.74) is 0.559. The van der Waals surface area contributed by atoms with Crippen molar-refractivity contribution >= 4 is 21.6 Å². The molecule has 0 aromatic heterocycles. The molecule has 1 aliphatic carbocycles. The van der Waals surface area contributed by atoms with Gasteiger partial charge in [-0.3, -0.25) is 9.63 Å². The SMILES string of the molecule is CNC(=O)CNc1cccc(S(=O)(=O)N(C)OC2CCCC2)c1. The number of carbonyl (C=O) groups is 1. The van der Waals surface area contributed by atoms with E-state index in [0.29, 0.717) is 5.69 Å². The summed E-state index contributed by atoms with van der Waals surface area (Å²) in [4.78, 5) is 16.9. The number of likely N-dealkylation sites (N-methyl/N-ethyl adjacent to an activating group) is 1. The first kappa shape index (κ1) is 17.7. The van der Waals surface area contributed by atoms with E-state index in [9.17, 15) is 13.2 Å². The quantitative estimate of drug-likeness (QED) is 0.731. The summed E-state index contributed by atoms with van der Waals surface area (Å²) in [6.45, 7) is 0.0778. The molecule has 7 nitrogen and oxygen atoms in total. The van der Waals surface area contributed by atoms with E-state index in [0.717, 1.165) is 30.2 Å². The van der Waals surface area contributed by atoms with E-state index in [-0.39, 0.29) is 23.5 Å². The molecule has 1 amide bonds. The molecule has 128 valence electrons. The summed E-state index contributed by atoms with van der Waals surface area (Å²) in [6, 6.07) is 6.34. The number of hydroxylamine groups is 1. The Morgan fingerprint density at radius 3 is 2.70 bits per heavy atom. The van der Waals surface area contributed by atoms with Gasteiger partial charge >= 0.3 is 0 Å². The van der Waals surface area contributed by atoms with Gasteiger partial charge in [-0.05, 0) is 31.0 Å². The third-order valence-electron chi connectivity index (χ3n) is 3.80. The van der Waals surface area contributed by atoms with Crippen LogP contribution in [0.15, 0.2) is 29.2 Å². The fraction of sp³-hybridized carbons (Fsp3) is 0.533. The van der Waals surface area contributed by atoms with Crippen LogP contribution in [0.3, 0.4) is 0 Å². The number of carbonyl (C=O) groups excluding carboxylic acids is 1. The van der Waals surface area contributed by atoms with Crippen LogP contribution < -0.4 is 10.6 Å². The molecule has 23 heavy (non-hydrogen) atoms. The highest BCUT2D eigenvalue weighted by Crippen LogP contribution is 2.25. The molecule has 0 saturated heterocycles. The number of sulfonamides is 1. The van der Waals surface area contributed by atoms with E-state index in [4.69, 9.17) is 4.84 Å². The number of amides is 1. The van der Waals surface area contributed by atoms with Crippen LogP contribution in [0, 0.1) is 0 Å². The first-order valence-electron chi connectivity index (χ1n) is 7.63. The Morgan fingerprint density at radius 2 is 2.04 bits per heavy atom. The second-order valence-corrected chi connectivity index (χ2v) is 7.42. The minimum atomic E-state index is -3.72.